The summed E-state index contributed by atoms with van der Waals surface area (Å²) in [5, 5.41) is 19.0. The number of methoxy groups -OCH3 is 2. The lowest BCUT2D eigenvalue weighted by Crippen LogP contribution is -2.37. The SMILES string of the molecule is COc1ccc(CN(Cc2ccc(OC)cc2)[C@@H](CO)CCCO)cc1. The third-order valence-electron chi connectivity index (χ3n) is 4.51. The van der Waals surface area contributed by atoms with Crippen molar-refractivity contribution in [2.24, 2.45) is 0 Å². The minimum atomic E-state index is -0.00801. The molecule has 2 rings (SSSR count). The van der Waals surface area contributed by atoms with Crippen LogP contribution < -0.4 is 9.47 Å². The highest BCUT2D eigenvalue weighted by Crippen LogP contribution is 2.20. The van der Waals surface area contributed by atoms with E-state index in [-0.39, 0.29) is 19.3 Å². The number of hydrogen-bond donors (Lipinski definition) is 2. The van der Waals surface area contributed by atoms with Crippen molar-refractivity contribution in [2.45, 2.75) is 32.0 Å². The largest absolute Gasteiger partial charge is 0.497 e. The van der Waals surface area contributed by atoms with Crippen LogP contribution in [0, 0.1) is 0 Å². The van der Waals surface area contributed by atoms with Gasteiger partial charge >= 0.3 is 0 Å². The Morgan fingerprint density at radius 2 is 1.27 bits per heavy atom. The summed E-state index contributed by atoms with van der Waals surface area (Å²) in [6, 6.07) is 15.9. The lowest BCUT2D eigenvalue weighted by molar-refractivity contribution is 0.0969. The molecule has 0 spiro atoms. The van der Waals surface area contributed by atoms with Gasteiger partial charge in [0.25, 0.3) is 0 Å². The molecule has 0 saturated carbocycles. The van der Waals surface area contributed by atoms with E-state index in [4.69, 9.17) is 14.6 Å². The number of nitrogens with zero attached hydrogens (tertiary/aromatic N) is 1. The number of rotatable bonds is 11. The van der Waals surface area contributed by atoms with Gasteiger partial charge in [0, 0.05) is 25.7 Å². The maximum Gasteiger partial charge on any atom is 0.118 e. The normalized spacial score (nSPS) is 12.2. The summed E-state index contributed by atoms with van der Waals surface area (Å²) < 4.78 is 10.4. The zero-order valence-corrected chi connectivity index (χ0v) is 15.6. The molecule has 142 valence electrons. The average Bonchev–Trinajstić information content (AvgIpc) is 2.69. The molecule has 0 aliphatic heterocycles. The van der Waals surface area contributed by atoms with Crippen LogP contribution >= 0.6 is 0 Å². The molecule has 0 heterocycles. The standard InChI is InChI=1S/C21H29NO4/c1-25-20-9-5-17(6-10-20)14-22(19(16-24)4-3-13-23)15-18-7-11-21(26-2)12-8-18/h5-12,19,23-24H,3-4,13-16H2,1-2H3/t19-/m1/s1. The van der Waals surface area contributed by atoms with Crippen LogP contribution in [0.3, 0.4) is 0 Å². The van der Waals surface area contributed by atoms with Gasteiger partial charge in [-0.05, 0) is 48.2 Å². The van der Waals surface area contributed by atoms with Crippen LogP contribution in [0.25, 0.3) is 0 Å². The van der Waals surface area contributed by atoms with Gasteiger partial charge in [0.05, 0.1) is 20.8 Å². The van der Waals surface area contributed by atoms with Gasteiger partial charge in [0.1, 0.15) is 11.5 Å². The van der Waals surface area contributed by atoms with E-state index in [1.807, 2.05) is 48.5 Å². The van der Waals surface area contributed by atoms with Crippen molar-refractivity contribution in [1.29, 1.82) is 0 Å². The molecule has 0 aromatic heterocycles. The summed E-state index contributed by atoms with van der Waals surface area (Å²) in [6.45, 7) is 1.63. The fraction of sp³-hybridized carbons (Fsp3) is 0.429. The predicted molar refractivity (Wildman–Crippen MR) is 102 cm³/mol. The molecule has 2 aromatic rings. The lowest BCUT2D eigenvalue weighted by Gasteiger charge is -2.31. The van der Waals surface area contributed by atoms with E-state index in [2.05, 4.69) is 4.90 Å². The Kier molecular flexibility index (Phi) is 8.41. The van der Waals surface area contributed by atoms with E-state index in [0.717, 1.165) is 29.0 Å². The Hall–Kier alpha value is -2.08. The first-order valence-electron chi connectivity index (χ1n) is 8.91. The molecule has 0 radical (unpaired) electrons. The first kappa shape index (κ1) is 20.2. The summed E-state index contributed by atoms with van der Waals surface area (Å²) in [5.41, 5.74) is 2.31. The molecule has 0 saturated heterocycles. The summed E-state index contributed by atoms with van der Waals surface area (Å²) in [5.74, 6) is 1.66. The van der Waals surface area contributed by atoms with Crippen molar-refractivity contribution in [3.8, 4) is 11.5 Å². The summed E-state index contributed by atoms with van der Waals surface area (Å²) in [4.78, 5) is 2.25. The Morgan fingerprint density at radius 3 is 1.62 bits per heavy atom. The Morgan fingerprint density at radius 1 is 0.808 bits per heavy atom. The van der Waals surface area contributed by atoms with E-state index >= 15 is 0 Å². The average molecular weight is 359 g/mol. The van der Waals surface area contributed by atoms with Crippen LogP contribution in [-0.2, 0) is 13.1 Å². The number of hydrogen-bond acceptors (Lipinski definition) is 5. The molecule has 5 heteroatoms. The van der Waals surface area contributed by atoms with E-state index in [1.165, 1.54) is 0 Å². The molecule has 0 bridgehead atoms. The van der Waals surface area contributed by atoms with Gasteiger partial charge in [-0.25, -0.2) is 0 Å². The smallest absolute Gasteiger partial charge is 0.118 e. The van der Waals surface area contributed by atoms with E-state index < -0.39 is 0 Å². The highest BCUT2D eigenvalue weighted by molar-refractivity contribution is 5.28. The second-order valence-electron chi connectivity index (χ2n) is 6.30. The third-order valence-corrected chi connectivity index (χ3v) is 4.51. The predicted octanol–water partition coefficient (Wildman–Crippen LogP) is 2.84. The number of benzene rings is 2. The molecule has 5 nitrogen and oxygen atoms in total. The fourth-order valence-corrected chi connectivity index (χ4v) is 2.96. The van der Waals surface area contributed by atoms with Crippen molar-refractivity contribution in [3.05, 3.63) is 59.7 Å². The molecule has 2 N–H and O–H groups in total. The van der Waals surface area contributed by atoms with E-state index in [1.54, 1.807) is 14.2 Å². The van der Waals surface area contributed by atoms with Crippen molar-refractivity contribution < 1.29 is 19.7 Å². The van der Waals surface area contributed by atoms with Crippen LogP contribution in [-0.4, -0.2) is 48.6 Å². The number of aliphatic hydroxyl groups is 2. The van der Waals surface area contributed by atoms with Gasteiger partial charge in [-0.3, -0.25) is 4.90 Å². The molecule has 26 heavy (non-hydrogen) atoms. The maximum absolute atomic E-state index is 9.88. The minimum absolute atomic E-state index is 0.00801. The van der Waals surface area contributed by atoms with Crippen LogP contribution in [0.15, 0.2) is 48.5 Å². The Balaban J connectivity index is 2.15. The topological polar surface area (TPSA) is 62.2 Å². The van der Waals surface area contributed by atoms with Gasteiger partial charge in [0.2, 0.25) is 0 Å². The van der Waals surface area contributed by atoms with Crippen LogP contribution in [0.5, 0.6) is 11.5 Å². The first-order chi connectivity index (χ1) is 12.7. The molecular formula is C21H29NO4. The van der Waals surface area contributed by atoms with Crippen LogP contribution in [0.2, 0.25) is 0 Å². The third kappa shape index (κ3) is 6.02. The fourth-order valence-electron chi connectivity index (χ4n) is 2.96. The van der Waals surface area contributed by atoms with Gasteiger partial charge in [-0.15, -0.1) is 0 Å². The van der Waals surface area contributed by atoms with Crippen molar-refractivity contribution >= 4 is 0 Å². The molecule has 0 aliphatic rings. The summed E-state index contributed by atoms with van der Waals surface area (Å²) >= 11 is 0. The molecule has 2 aromatic carbocycles. The summed E-state index contributed by atoms with van der Waals surface area (Å²) in [7, 11) is 3.31. The van der Waals surface area contributed by atoms with E-state index in [9.17, 15) is 5.11 Å². The Bertz CT molecular complexity index is 578. The zero-order chi connectivity index (χ0) is 18.8. The Labute approximate surface area is 155 Å². The maximum atomic E-state index is 9.88. The lowest BCUT2D eigenvalue weighted by atomic mass is 10.1. The van der Waals surface area contributed by atoms with Gasteiger partial charge in [-0.1, -0.05) is 24.3 Å². The molecule has 0 unspecified atom stereocenters. The molecule has 0 fully saturated rings. The van der Waals surface area contributed by atoms with E-state index in [0.29, 0.717) is 19.5 Å². The van der Waals surface area contributed by atoms with Gasteiger partial charge in [0.15, 0.2) is 0 Å². The quantitative estimate of drug-likeness (QED) is 0.646. The molecular weight excluding hydrogens is 330 g/mol. The van der Waals surface area contributed by atoms with Crippen LogP contribution in [0.1, 0.15) is 24.0 Å². The van der Waals surface area contributed by atoms with Gasteiger partial charge < -0.3 is 19.7 Å². The zero-order valence-electron chi connectivity index (χ0n) is 15.6. The number of aliphatic hydroxyl groups excluding tert-OH is 2. The molecule has 0 aliphatic carbocycles. The highest BCUT2D eigenvalue weighted by atomic mass is 16.5. The van der Waals surface area contributed by atoms with Crippen molar-refractivity contribution in [2.75, 3.05) is 27.4 Å². The minimum Gasteiger partial charge on any atom is -0.497 e. The number of ether oxygens (including phenoxy) is 2. The second-order valence-corrected chi connectivity index (χ2v) is 6.30. The van der Waals surface area contributed by atoms with Crippen LogP contribution in [0.4, 0.5) is 0 Å². The second kappa shape index (κ2) is 10.8. The molecule has 1 atom stereocenters. The highest BCUT2D eigenvalue weighted by Gasteiger charge is 2.18. The first-order valence-corrected chi connectivity index (χ1v) is 8.91. The van der Waals surface area contributed by atoms with Crippen molar-refractivity contribution in [3.63, 3.8) is 0 Å². The van der Waals surface area contributed by atoms with Gasteiger partial charge in [-0.2, -0.15) is 0 Å². The monoisotopic (exact) mass is 359 g/mol. The van der Waals surface area contributed by atoms with Crippen molar-refractivity contribution in [1.82, 2.24) is 4.90 Å². The molecule has 0 amide bonds. The summed E-state index contributed by atoms with van der Waals surface area (Å²) in [6.07, 6.45) is 1.42.